The monoisotopic (exact) mass is 271 g/mol. The minimum Gasteiger partial charge on any atom is -0.493 e. The molecule has 0 saturated carbocycles. The van der Waals surface area contributed by atoms with E-state index in [0.717, 1.165) is 17.8 Å². The number of carbonyl (C=O) groups is 1. The van der Waals surface area contributed by atoms with Crippen molar-refractivity contribution >= 4 is 17.7 Å². The molecule has 0 unspecified atom stereocenters. The fraction of sp³-hybridized carbons (Fsp3) is 0.545. The van der Waals surface area contributed by atoms with Gasteiger partial charge in [0.05, 0.1) is 11.8 Å². The average Bonchev–Trinajstić information content (AvgIpc) is 2.18. The average molecular weight is 271 g/mol. The van der Waals surface area contributed by atoms with E-state index in [4.69, 9.17) is 0 Å². The summed E-state index contributed by atoms with van der Waals surface area (Å²) in [7, 11) is 1.54. The first-order chi connectivity index (χ1) is 8.19. The van der Waals surface area contributed by atoms with Crippen LogP contribution in [0.4, 0.5) is 0 Å². The number of nitrogens with zero attached hydrogens (tertiary/aromatic N) is 2. The molecular formula is C11H17N3O3S. The molecule has 1 rings (SSSR count). The van der Waals surface area contributed by atoms with Crippen LogP contribution < -0.4 is 10.9 Å². The van der Waals surface area contributed by atoms with E-state index in [2.05, 4.69) is 10.3 Å². The number of hydrogen-bond acceptors (Lipinski definition) is 5. The number of hydrogen-bond donors (Lipinski definition) is 2. The number of aromatic hydroxyl groups is 1. The van der Waals surface area contributed by atoms with Crippen LogP contribution in [0.3, 0.4) is 0 Å². The van der Waals surface area contributed by atoms with Gasteiger partial charge in [0.15, 0.2) is 5.16 Å². The third-order valence-electron chi connectivity index (χ3n) is 1.93. The summed E-state index contributed by atoms with van der Waals surface area (Å²) in [6.07, 6.45) is 0. The minimum absolute atomic E-state index is 0.140. The molecule has 1 aromatic heterocycles. The molecule has 1 heterocycles. The quantitative estimate of drug-likeness (QED) is 0.617. The Morgan fingerprint density at radius 2 is 2.17 bits per heavy atom. The lowest BCUT2D eigenvalue weighted by atomic mass is 10.1. The predicted octanol–water partition coefficient (Wildman–Crippen LogP) is 0.493. The van der Waals surface area contributed by atoms with Gasteiger partial charge in [-0.25, -0.2) is 0 Å². The summed E-state index contributed by atoms with van der Waals surface area (Å²) >= 11 is 1.10. The summed E-state index contributed by atoms with van der Waals surface area (Å²) in [5, 5.41) is 12.3. The lowest BCUT2D eigenvalue weighted by Gasteiger charge is -2.20. The Labute approximate surface area is 109 Å². The standard InChI is InChI=1S/C11H17N3O3S/c1-11(2,3)13-8(16)6-18-10-12-7(15)5-9(17)14(10)4/h5,15H,6H2,1-4H3,(H,13,16). The van der Waals surface area contributed by atoms with Gasteiger partial charge in [-0.2, -0.15) is 4.98 Å². The van der Waals surface area contributed by atoms with Gasteiger partial charge in [-0.1, -0.05) is 11.8 Å². The van der Waals surface area contributed by atoms with Crippen molar-refractivity contribution in [2.75, 3.05) is 5.75 Å². The summed E-state index contributed by atoms with van der Waals surface area (Å²) < 4.78 is 1.29. The van der Waals surface area contributed by atoms with Gasteiger partial charge in [-0.05, 0) is 20.8 Å². The van der Waals surface area contributed by atoms with Gasteiger partial charge in [0.2, 0.25) is 11.8 Å². The van der Waals surface area contributed by atoms with E-state index in [1.807, 2.05) is 20.8 Å². The first-order valence-corrected chi connectivity index (χ1v) is 6.38. The zero-order valence-corrected chi connectivity index (χ0v) is 11.7. The van der Waals surface area contributed by atoms with E-state index in [9.17, 15) is 14.7 Å². The molecule has 0 fully saturated rings. The van der Waals surface area contributed by atoms with Crippen LogP contribution in [0.2, 0.25) is 0 Å². The maximum absolute atomic E-state index is 11.6. The largest absolute Gasteiger partial charge is 0.493 e. The molecule has 100 valence electrons. The highest BCUT2D eigenvalue weighted by molar-refractivity contribution is 7.99. The molecule has 0 bridgehead atoms. The van der Waals surface area contributed by atoms with Crippen molar-refractivity contribution in [3.8, 4) is 5.88 Å². The van der Waals surface area contributed by atoms with Crippen LogP contribution in [0.15, 0.2) is 16.0 Å². The lowest BCUT2D eigenvalue weighted by Crippen LogP contribution is -2.41. The number of aromatic nitrogens is 2. The van der Waals surface area contributed by atoms with Gasteiger partial charge in [-0.15, -0.1) is 0 Å². The van der Waals surface area contributed by atoms with Crippen LogP contribution in [0.25, 0.3) is 0 Å². The summed E-state index contributed by atoms with van der Waals surface area (Å²) in [6, 6.07) is 1.03. The van der Waals surface area contributed by atoms with E-state index >= 15 is 0 Å². The molecule has 0 aliphatic rings. The molecule has 0 spiro atoms. The smallest absolute Gasteiger partial charge is 0.257 e. The van der Waals surface area contributed by atoms with Gasteiger partial charge in [-0.3, -0.25) is 14.2 Å². The van der Waals surface area contributed by atoms with E-state index < -0.39 is 0 Å². The molecule has 1 amide bonds. The number of thioether (sulfide) groups is 1. The van der Waals surface area contributed by atoms with Crippen LogP contribution in [0.1, 0.15) is 20.8 Å². The molecule has 0 aromatic carbocycles. The fourth-order valence-electron chi connectivity index (χ4n) is 1.22. The zero-order valence-electron chi connectivity index (χ0n) is 10.9. The van der Waals surface area contributed by atoms with E-state index in [1.165, 1.54) is 4.57 Å². The predicted molar refractivity (Wildman–Crippen MR) is 69.8 cm³/mol. The topological polar surface area (TPSA) is 84.2 Å². The Morgan fingerprint density at radius 3 is 2.72 bits per heavy atom. The number of nitrogens with one attached hydrogen (secondary N) is 1. The molecule has 0 aliphatic heterocycles. The summed E-state index contributed by atoms with van der Waals surface area (Å²) in [5.74, 6) is -0.344. The second-order valence-corrected chi connectivity index (χ2v) is 5.82. The van der Waals surface area contributed by atoms with Crippen molar-refractivity contribution in [1.82, 2.24) is 14.9 Å². The number of rotatable bonds is 3. The number of carbonyl (C=O) groups excluding carboxylic acids is 1. The van der Waals surface area contributed by atoms with Crippen LogP contribution in [-0.4, -0.2) is 31.9 Å². The van der Waals surface area contributed by atoms with Crippen molar-refractivity contribution < 1.29 is 9.90 Å². The highest BCUT2D eigenvalue weighted by Gasteiger charge is 2.15. The molecule has 0 radical (unpaired) electrons. The van der Waals surface area contributed by atoms with Crippen molar-refractivity contribution in [2.24, 2.45) is 7.05 Å². The van der Waals surface area contributed by atoms with Crippen LogP contribution >= 0.6 is 11.8 Å². The molecule has 18 heavy (non-hydrogen) atoms. The van der Waals surface area contributed by atoms with E-state index in [-0.39, 0.29) is 28.6 Å². The Morgan fingerprint density at radius 1 is 1.56 bits per heavy atom. The molecule has 7 heteroatoms. The molecule has 0 atom stereocenters. The second kappa shape index (κ2) is 5.43. The summed E-state index contributed by atoms with van der Waals surface area (Å²) in [6.45, 7) is 5.66. The Kier molecular flexibility index (Phi) is 4.39. The third kappa shape index (κ3) is 4.40. The highest BCUT2D eigenvalue weighted by Crippen LogP contribution is 2.15. The van der Waals surface area contributed by atoms with Crippen LogP contribution in [-0.2, 0) is 11.8 Å². The maximum Gasteiger partial charge on any atom is 0.257 e. The van der Waals surface area contributed by atoms with Crippen LogP contribution in [0.5, 0.6) is 5.88 Å². The fourth-order valence-corrected chi connectivity index (χ4v) is 1.99. The van der Waals surface area contributed by atoms with E-state index in [0.29, 0.717) is 5.16 Å². The van der Waals surface area contributed by atoms with Crippen molar-refractivity contribution in [1.29, 1.82) is 0 Å². The second-order valence-electron chi connectivity index (χ2n) is 4.88. The minimum atomic E-state index is -0.360. The van der Waals surface area contributed by atoms with Gasteiger partial charge >= 0.3 is 0 Å². The summed E-state index contributed by atoms with van der Waals surface area (Å²) in [4.78, 5) is 26.8. The molecule has 0 saturated heterocycles. The lowest BCUT2D eigenvalue weighted by molar-refractivity contribution is -0.119. The Balaban J connectivity index is 2.70. The van der Waals surface area contributed by atoms with Gasteiger partial charge in [0.25, 0.3) is 5.56 Å². The molecule has 2 N–H and O–H groups in total. The number of amides is 1. The first kappa shape index (κ1) is 14.6. The Hall–Kier alpha value is -1.50. The van der Waals surface area contributed by atoms with Gasteiger partial charge in [0, 0.05) is 12.6 Å². The van der Waals surface area contributed by atoms with Crippen molar-refractivity contribution in [3.05, 3.63) is 16.4 Å². The SMILES string of the molecule is Cn1c(SCC(=O)NC(C)(C)C)nc(O)cc1=O. The maximum atomic E-state index is 11.6. The Bertz CT molecular complexity index is 505. The first-order valence-electron chi connectivity index (χ1n) is 5.40. The molecule has 1 aromatic rings. The molecular weight excluding hydrogens is 254 g/mol. The van der Waals surface area contributed by atoms with Gasteiger partial charge in [0.1, 0.15) is 0 Å². The van der Waals surface area contributed by atoms with E-state index in [1.54, 1.807) is 7.05 Å². The van der Waals surface area contributed by atoms with Crippen LogP contribution in [0, 0.1) is 0 Å². The highest BCUT2D eigenvalue weighted by atomic mass is 32.2. The van der Waals surface area contributed by atoms with Gasteiger partial charge < -0.3 is 10.4 Å². The zero-order chi connectivity index (χ0) is 13.9. The van der Waals surface area contributed by atoms with Crippen molar-refractivity contribution in [3.63, 3.8) is 0 Å². The normalized spacial score (nSPS) is 11.3. The third-order valence-corrected chi connectivity index (χ3v) is 2.96. The molecule has 6 nitrogen and oxygen atoms in total. The summed E-state index contributed by atoms with van der Waals surface area (Å²) in [5.41, 5.74) is -0.656. The van der Waals surface area contributed by atoms with Crippen molar-refractivity contribution in [2.45, 2.75) is 31.5 Å². The molecule has 0 aliphatic carbocycles.